The highest BCUT2D eigenvalue weighted by Crippen LogP contribution is 2.27. The van der Waals surface area contributed by atoms with E-state index < -0.39 is 4.92 Å². The molecule has 1 amide bonds. The molecule has 2 aromatic carbocycles. The summed E-state index contributed by atoms with van der Waals surface area (Å²) in [6, 6.07) is 10.6. The number of nitro benzene ring substituents is 1. The van der Waals surface area contributed by atoms with Crippen LogP contribution in [0.5, 0.6) is 5.75 Å². The molecule has 0 atom stereocenters. The summed E-state index contributed by atoms with van der Waals surface area (Å²) in [5, 5.41) is 13.4. The summed E-state index contributed by atoms with van der Waals surface area (Å²) in [5.74, 6) is 0.333. The Bertz CT molecular complexity index is 717. The second-order valence-electron chi connectivity index (χ2n) is 4.75. The number of nitrogens with one attached hydrogen (secondary N) is 1. The second kappa shape index (κ2) is 7.60. The number of nitrogens with zero attached hydrogens (tertiary/aromatic N) is 1. The largest absolute Gasteiger partial charge is 0.494 e. The van der Waals surface area contributed by atoms with Gasteiger partial charge in [0.05, 0.1) is 22.2 Å². The summed E-state index contributed by atoms with van der Waals surface area (Å²) in [4.78, 5) is 22.3. The van der Waals surface area contributed by atoms with E-state index in [2.05, 4.69) is 5.32 Å². The lowest BCUT2D eigenvalue weighted by Gasteiger charge is -2.08. The highest BCUT2D eigenvalue weighted by atomic mass is 35.5. The lowest BCUT2D eigenvalue weighted by atomic mass is 10.2. The molecule has 0 heterocycles. The summed E-state index contributed by atoms with van der Waals surface area (Å²) in [6.45, 7) is 2.62. The molecule has 0 radical (unpaired) electrons. The molecule has 1 N–H and O–H groups in total. The molecule has 0 saturated heterocycles. The van der Waals surface area contributed by atoms with Gasteiger partial charge in [0.15, 0.2) is 0 Å². The molecule has 120 valence electrons. The van der Waals surface area contributed by atoms with Crippen LogP contribution in [-0.4, -0.2) is 17.4 Å². The maximum Gasteiger partial charge on any atom is 0.271 e. The standard InChI is InChI=1S/C16H15ClN2O4/c1-2-9-23-13-6-3-11(4-7-13)16(20)18-15-8-5-12(19(21)22)10-14(15)17/h3-8,10H,2,9H2,1H3,(H,18,20). The van der Waals surface area contributed by atoms with Crippen LogP contribution in [0.1, 0.15) is 23.7 Å². The van der Waals surface area contributed by atoms with E-state index in [0.717, 1.165) is 6.42 Å². The molecule has 0 bridgehead atoms. The van der Waals surface area contributed by atoms with Crippen LogP contribution in [0.3, 0.4) is 0 Å². The summed E-state index contributed by atoms with van der Waals surface area (Å²) >= 11 is 5.95. The van der Waals surface area contributed by atoms with Gasteiger partial charge in [-0.25, -0.2) is 0 Å². The van der Waals surface area contributed by atoms with Gasteiger partial charge >= 0.3 is 0 Å². The molecule has 2 rings (SSSR count). The minimum absolute atomic E-state index is 0.107. The Balaban J connectivity index is 2.08. The van der Waals surface area contributed by atoms with E-state index >= 15 is 0 Å². The topological polar surface area (TPSA) is 81.5 Å². The van der Waals surface area contributed by atoms with E-state index in [-0.39, 0.29) is 16.6 Å². The van der Waals surface area contributed by atoms with Crippen LogP contribution in [0.25, 0.3) is 0 Å². The molecule has 0 unspecified atom stereocenters. The van der Waals surface area contributed by atoms with Gasteiger partial charge in [0.25, 0.3) is 11.6 Å². The molecular formula is C16H15ClN2O4. The number of anilines is 1. The van der Waals surface area contributed by atoms with Gasteiger partial charge in [-0.05, 0) is 36.8 Å². The number of non-ortho nitro benzene ring substituents is 1. The Morgan fingerprint density at radius 2 is 1.96 bits per heavy atom. The van der Waals surface area contributed by atoms with Gasteiger partial charge in [0.1, 0.15) is 5.75 Å². The monoisotopic (exact) mass is 334 g/mol. The molecule has 0 saturated carbocycles. The molecule has 0 aliphatic heterocycles. The van der Waals surface area contributed by atoms with Crippen molar-refractivity contribution in [2.75, 3.05) is 11.9 Å². The third kappa shape index (κ3) is 4.43. The molecule has 0 aromatic heterocycles. The van der Waals surface area contributed by atoms with Crippen LogP contribution in [-0.2, 0) is 0 Å². The third-order valence-electron chi connectivity index (χ3n) is 3.00. The predicted octanol–water partition coefficient (Wildman–Crippen LogP) is 4.29. The first kappa shape index (κ1) is 16.8. The Hall–Kier alpha value is -2.60. The maximum atomic E-state index is 12.2. The fourth-order valence-corrected chi connectivity index (χ4v) is 2.06. The molecular weight excluding hydrogens is 320 g/mol. The fourth-order valence-electron chi connectivity index (χ4n) is 1.84. The van der Waals surface area contributed by atoms with E-state index in [1.165, 1.54) is 18.2 Å². The van der Waals surface area contributed by atoms with Gasteiger partial charge < -0.3 is 10.1 Å². The maximum absolute atomic E-state index is 12.2. The van der Waals surface area contributed by atoms with E-state index in [1.54, 1.807) is 24.3 Å². The van der Waals surface area contributed by atoms with Gasteiger partial charge in [-0.1, -0.05) is 18.5 Å². The number of rotatable bonds is 6. The first-order valence-electron chi connectivity index (χ1n) is 6.99. The number of carbonyl (C=O) groups is 1. The van der Waals surface area contributed by atoms with E-state index in [1.807, 2.05) is 6.92 Å². The summed E-state index contributed by atoms with van der Waals surface area (Å²) in [5.41, 5.74) is 0.613. The molecule has 23 heavy (non-hydrogen) atoms. The number of amides is 1. The van der Waals surface area contributed by atoms with Crippen molar-refractivity contribution < 1.29 is 14.5 Å². The second-order valence-corrected chi connectivity index (χ2v) is 5.16. The first-order valence-corrected chi connectivity index (χ1v) is 7.37. The summed E-state index contributed by atoms with van der Waals surface area (Å²) < 4.78 is 5.45. The van der Waals surface area contributed by atoms with Crippen LogP contribution < -0.4 is 10.1 Å². The van der Waals surface area contributed by atoms with Crippen molar-refractivity contribution in [2.24, 2.45) is 0 Å². The van der Waals surface area contributed by atoms with Crippen molar-refractivity contribution in [3.63, 3.8) is 0 Å². The molecule has 2 aromatic rings. The Morgan fingerprint density at radius 3 is 2.52 bits per heavy atom. The predicted molar refractivity (Wildman–Crippen MR) is 88.3 cm³/mol. The van der Waals surface area contributed by atoms with Crippen LogP contribution >= 0.6 is 11.6 Å². The van der Waals surface area contributed by atoms with Gasteiger partial charge in [-0.3, -0.25) is 14.9 Å². The molecule has 0 fully saturated rings. The normalized spacial score (nSPS) is 10.2. The van der Waals surface area contributed by atoms with Gasteiger partial charge in [0, 0.05) is 17.7 Å². The zero-order valence-corrected chi connectivity index (χ0v) is 13.2. The Morgan fingerprint density at radius 1 is 1.26 bits per heavy atom. The van der Waals surface area contributed by atoms with Crippen LogP contribution in [0.2, 0.25) is 5.02 Å². The van der Waals surface area contributed by atoms with Crippen molar-refractivity contribution in [2.45, 2.75) is 13.3 Å². The van der Waals surface area contributed by atoms with Gasteiger partial charge in [-0.2, -0.15) is 0 Å². The molecule has 7 heteroatoms. The Kier molecular flexibility index (Phi) is 5.54. The van der Waals surface area contributed by atoms with Gasteiger partial charge in [0.2, 0.25) is 0 Å². The van der Waals surface area contributed by atoms with Crippen molar-refractivity contribution in [3.05, 3.63) is 63.2 Å². The third-order valence-corrected chi connectivity index (χ3v) is 3.31. The highest BCUT2D eigenvalue weighted by molar-refractivity contribution is 6.34. The van der Waals surface area contributed by atoms with Crippen molar-refractivity contribution in [1.29, 1.82) is 0 Å². The average molecular weight is 335 g/mol. The fraction of sp³-hybridized carbons (Fsp3) is 0.188. The molecule has 0 aliphatic carbocycles. The lowest BCUT2D eigenvalue weighted by molar-refractivity contribution is -0.384. The zero-order valence-electron chi connectivity index (χ0n) is 12.4. The molecule has 0 spiro atoms. The van der Waals surface area contributed by atoms with Crippen LogP contribution in [0.4, 0.5) is 11.4 Å². The van der Waals surface area contributed by atoms with Crippen molar-refractivity contribution >= 4 is 28.9 Å². The first-order chi connectivity index (χ1) is 11.0. The van der Waals surface area contributed by atoms with Crippen LogP contribution in [0, 0.1) is 10.1 Å². The van der Waals surface area contributed by atoms with E-state index in [9.17, 15) is 14.9 Å². The highest BCUT2D eigenvalue weighted by Gasteiger charge is 2.12. The molecule has 6 nitrogen and oxygen atoms in total. The van der Waals surface area contributed by atoms with Gasteiger partial charge in [-0.15, -0.1) is 0 Å². The lowest BCUT2D eigenvalue weighted by Crippen LogP contribution is -2.12. The number of hydrogen-bond donors (Lipinski definition) is 1. The van der Waals surface area contributed by atoms with Crippen molar-refractivity contribution in [3.8, 4) is 5.75 Å². The number of hydrogen-bond acceptors (Lipinski definition) is 4. The quantitative estimate of drug-likeness (QED) is 0.631. The minimum atomic E-state index is -0.549. The summed E-state index contributed by atoms with van der Waals surface area (Å²) in [6.07, 6.45) is 0.904. The summed E-state index contributed by atoms with van der Waals surface area (Å²) in [7, 11) is 0. The SMILES string of the molecule is CCCOc1ccc(C(=O)Nc2ccc([N+](=O)[O-])cc2Cl)cc1. The van der Waals surface area contributed by atoms with E-state index in [4.69, 9.17) is 16.3 Å². The number of carbonyl (C=O) groups excluding carboxylic acids is 1. The number of benzene rings is 2. The number of nitro groups is 1. The van der Waals surface area contributed by atoms with Crippen LogP contribution in [0.15, 0.2) is 42.5 Å². The number of halogens is 1. The minimum Gasteiger partial charge on any atom is -0.494 e. The van der Waals surface area contributed by atoms with Crippen molar-refractivity contribution in [1.82, 2.24) is 0 Å². The smallest absolute Gasteiger partial charge is 0.271 e. The zero-order chi connectivity index (χ0) is 16.8. The molecule has 0 aliphatic rings. The number of ether oxygens (including phenoxy) is 1. The van der Waals surface area contributed by atoms with E-state index in [0.29, 0.717) is 23.6 Å². The average Bonchev–Trinajstić information content (AvgIpc) is 2.55. The Labute approximate surface area is 138 Å².